The maximum Gasteiger partial charge on any atom is 4.00 e. The number of hydrogen-bond acceptors (Lipinski definition) is 0. The van der Waals surface area contributed by atoms with Gasteiger partial charge in [0.2, 0.25) is 0 Å². The third kappa shape index (κ3) is 8.20. The fraction of sp³-hybridized carbons (Fsp3) is 0.500. The van der Waals surface area contributed by atoms with Crippen LogP contribution in [0.5, 0.6) is 0 Å². The van der Waals surface area contributed by atoms with Gasteiger partial charge in [-0.3, -0.25) is 12.2 Å². The van der Waals surface area contributed by atoms with Gasteiger partial charge >= 0.3 is 21.7 Å². The van der Waals surface area contributed by atoms with Crippen LogP contribution in [0.3, 0.4) is 0 Å². The first-order chi connectivity index (χ1) is 7.69. The van der Waals surface area contributed by atoms with Gasteiger partial charge in [0, 0.05) is 0 Å². The van der Waals surface area contributed by atoms with E-state index in [0.29, 0.717) is 0 Å². The predicted octanol–water partition coefficient (Wildman–Crippen LogP) is -1.04. The van der Waals surface area contributed by atoms with Crippen molar-refractivity contribution in [3.05, 3.63) is 46.6 Å². The second-order valence-corrected chi connectivity index (χ2v) is 4.33. The Morgan fingerprint density at radius 2 is 1.16 bits per heavy atom. The Bertz CT molecular complexity index is 327. The SMILES string of the molecule is CCC1=C(C)CC=[C-]1.CCC1=C(C)CC=[C-]1.[Cl-].[Cl-].[Ti+4]. The van der Waals surface area contributed by atoms with Gasteiger partial charge in [-0.25, -0.2) is 22.3 Å². The number of rotatable bonds is 2. The van der Waals surface area contributed by atoms with Gasteiger partial charge in [-0.05, 0) is 0 Å². The Labute approximate surface area is 146 Å². The Balaban J connectivity index is -0.000000233. The van der Waals surface area contributed by atoms with E-state index < -0.39 is 0 Å². The first kappa shape index (κ1) is 24.3. The Morgan fingerprint density at radius 3 is 1.26 bits per heavy atom. The van der Waals surface area contributed by atoms with E-state index in [1.165, 1.54) is 22.3 Å². The van der Waals surface area contributed by atoms with Crippen molar-refractivity contribution < 1.29 is 46.5 Å². The summed E-state index contributed by atoms with van der Waals surface area (Å²) >= 11 is 0. The van der Waals surface area contributed by atoms with E-state index in [1.807, 2.05) is 0 Å². The zero-order chi connectivity index (χ0) is 12.0. The monoisotopic (exact) mass is 332 g/mol. The summed E-state index contributed by atoms with van der Waals surface area (Å²) in [5.74, 6) is 0. The molecule has 0 aromatic rings. The van der Waals surface area contributed by atoms with Crippen LogP contribution in [-0.4, -0.2) is 0 Å². The molecular weight excluding hydrogens is 311 g/mol. The van der Waals surface area contributed by atoms with Crippen molar-refractivity contribution in [2.24, 2.45) is 0 Å². The molecule has 0 atom stereocenters. The van der Waals surface area contributed by atoms with Crippen LogP contribution in [-0.2, 0) is 21.7 Å². The molecule has 2 aliphatic rings. The third-order valence-electron chi connectivity index (χ3n) is 3.11. The van der Waals surface area contributed by atoms with Crippen LogP contribution in [0.1, 0.15) is 53.4 Å². The molecule has 0 nitrogen and oxygen atoms in total. The summed E-state index contributed by atoms with van der Waals surface area (Å²) in [7, 11) is 0. The van der Waals surface area contributed by atoms with Crippen molar-refractivity contribution in [1.29, 1.82) is 0 Å². The standard InChI is InChI=1S/2C8H11.2ClH.Ti/c2*1-3-8-6-4-5-7(8)2;;;/h2*4H,3,5H2,1-2H3;2*1H;/q2*-1;;;+4/p-2. The maximum atomic E-state index is 3.21. The van der Waals surface area contributed by atoms with Crippen molar-refractivity contribution in [3.63, 3.8) is 0 Å². The van der Waals surface area contributed by atoms with Crippen LogP contribution in [0.25, 0.3) is 0 Å². The zero-order valence-electron chi connectivity index (χ0n) is 12.2. The minimum atomic E-state index is 0. The molecule has 0 N–H and O–H groups in total. The fourth-order valence-corrected chi connectivity index (χ4v) is 1.96. The van der Waals surface area contributed by atoms with E-state index in [4.69, 9.17) is 0 Å². The molecule has 0 heterocycles. The molecule has 0 aromatic heterocycles. The van der Waals surface area contributed by atoms with Crippen LogP contribution < -0.4 is 24.8 Å². The molecule has 0 fully saturated rings. The maximum absolute atomic E-state index is 3.21. The van der Waals surface area contributed by atoms with E-state index in [2.05, 4.69) is 52.0 Å². The molecule has 0 bridgehead atoms. The molecule has 0 aromatic carbocycles. The smallest absolute Gasteiger partial charge is 1.00 e. The molecule has 0 saturated heterocycles. The summed E-state index contributed by atoms with van der Waals surface area (Å²) in [5, 5.41) is 0. The Kier molecular flexibility index (Phi) is 16.9. The number of hydrogen-bond donors (Lipinski definition) is 0. The van der Waals surface area contributed by atoms with E-state index in [1.54, 1.807) is 0 Å². The Hall–Kier alpha value is 0.254. The third-order valence-corrected chi connectivity index (χ3v) is 3.11. The minimum Gasteiger partial charge on any atom is -1.00 e. The van der Waals surface area contributed by atoms with Crippen LogP contribution in [0.4, 0.5) is 0 Å². The molecule has 0 unspecified atom stereocenters. The molecule has 0 aliphatic heterocycles. The van der Waals surface area contributed by atoms with Crippen molar-refractivity contribution in [2.45, 2.75) is 53.4 Å². The molecule has 0 spiro atoms. The molecule has 2 aliphatic carbocycles. The molecule has 3 heteroatoms. The summed E-state index contributed by atoms with van der Waals surface area (Å²) < 4.78 is 0. The topological polar surface area (TPSA) is 0 Å². The van der Waals surface area contributed by atoms with Gasteiger partial charge in [-0.15, -0.1) is 13.8 Å². The van der Waals surface area contributed by atoms with Crippen LogP contribution in [0.15, 0.2) is 34.4 Å². The zero-order valence-corrected chi connectivity index (χ0v) is 15.3. The molecular formula is C16H22Cl2Ti. The van der Waals surface area contributed by atoms with E-state index in [-0.39, 0.29) is 46.5 Å². The molecule has 2 rings (SSSR count). The second kappa shape index (κ2) is 13.2. The molecule has 0 radical (unpaired) electrons. The van der Waals surface area contributed by atoms with Crippen LogP contribution in [0, 0.1) is 12.2 Å². The summed E-state index contributed by atoms with van der Waals surface area (Å²) in [6.45, 7) is 8.70. The van der Waals surface area contributed by atoms with Gasteiger partial charge in [0.25, 0.3) is 0 Å². The van der Waals surface area contributed by atoms with Crippen molar-refractivity contribution in [1.82, 2.24) is 0 Å². The number of halogens is 2. The fourth-order valence-electron chi connectivity index (χ4n) is 1.96. The van der Waals surface area contributed by atoms with Gasteiger partial charge in [0.15, 0.2) is 0 Å². The van der Waals surface area contributed by atoms with Gasteiger partial charge in [0.05, 0.1) is 0 Å². The van der Waals surface area contributed by atoms with Gasteiger partial charge in [0.1, 0.15) is 0 Å². The predicted molar refractivity (Wildman–Crippen MR) is 70.8 cm³/mol. The van der Waals surface area contributed by atoms with Crippen LogP contribution in [0.2, 0.25) is 0 Å². The molecule has 0 saturated carbocycles. The molecule has 19 heavy (non-hydrogen) atoms. The van der Waals surface area contributed by atoms with Gasteiger partial charge in [-0.1, -0.05) is 39.5 Å². The normalized spacial score (nSPS) is 15.4. The van der Waals surface area contributed by atoms with Crippen molar-refractivity contribution in [2.75, 3.05) is 0 Å². The molecule has 0 amide bonds. The number of allylic oxidation sites excluding steroid dienone is 8. The largest absolute Gasteiger partial charge is 4.00 e. The average Bonchev–Trinajstić information content (AvgIpc) is 2.87. The summed E-state index contributed by atoms with van der Waals surface area (Å²) in [5.41, 5.74) is 5.80. The van der Waals surface area contributed by atoms with E-state index >= 15 is 0 Å². The quantitative estimate of drug-likeness (QED) is 0.447. The molecule has 104 valence electrons. The van der Waals surface area contributed by atoms with E-state index in [0.717, 1.165) is 25.7 Å². The average molecular weight is 333 g/mol. The first-order valence-corrected chi connectivity index (χ1v) is 6.22. The second-order valence-electron chi connectivity index (χ2n) is 4.33. The summed E-state index contributed by atoms with van der Waals surface area (Å²) in [4.78, 5) is 0. The minimum absolute atomic E-state index is 0. The van der Waals surface area contributed by atoms with Crippen molar-refractivity contribution in [3.8, 4) is 0 Å². The first-order valence-electron chi connectivity index (χ1n) is 6.22. The van der Waals surface area contributed by atoms with Crippen molar-refractivity contribution >= 4 is 0 Å². The Morgan fingerprint density at radius 1 is 0.842 bits per heavy atom. The van der Waals surface area contributed by atoms with Gasteiger partial charge in [-0.2, -0.15) is 12.2 Å². The summed E-state index contributed by atoms with van der Waals surface area (Å²) in [6, 6.07) is 0. The van der Waals surface area contributed by atoms with Gasteiger partial charge < -0.3 is 24.8 Å². The van der Waals surface area contributed by atoms with Crippen LogP contribution >= 0.6 is 0 Å². The van der Waals surface area contributed by atoms with E-state index in [9.17, 15) is 0 Å². The summed E-state index contributed by atoms with van der Waals surface area (Å²) in [6.07, 6.45) is 15.2.